The van der Waals surface area contributed by atoms with Crippen molar-refractivity contribution in [2.75, 3.05) is 13.2 Å². The lowest BCUT2D eigenvalue weighted by atomic mass is 9.90. The molecule has 0 atom stereocenters. The zero-order valence-corrected chi connectivity index (χ0v) is 13.1. The molecule has 0 spiro atoms. The van der Waals surface area contributed by atoms with Gasteiger partial charge in [-0.1, -0.05) is 13.8 Å². The molecular weight excluding hydrogens is 288 g/mol. The van der Waals surface area contributed by atoms with E-state index in [4.69, 9.17) is 9.52 Å². The maximum Gasteiger partial charge on any atom is 0.226 e. The number of hydrogen-bond donors (Lipinski definition) is 2. The minimum absolute atomic E-state index is 0.0509. The zero-order valence-electron chi connectivity index (χ0n) is 12.3. The van der Waals surface area contributed by atoms with E-state index < -0.39 is 0 Å². The van der Waals surface area contributed by atoms with Crippen molar-refractivity contribution in [2.45, 2.75) is 26.7 Å². The Morgan fingerprint density at radius 1 is 1.52 bits per heavy atom. The smallest absolute Gasteiger partial charge is 0.226 e. The number of hydrogen-bond acceptors (Lipinski definition) is 5. The maximum atomic E-state index is 11.9. The van der Waals surface area contributed by atoms with Gasteiger partial charge in [-0.3, -0.25) is 4.79 Å². The van der Waals surface area contributed by atoms with Crippen molar-refractivity contribution in [1.82, 2.24) is 10.3 Å². The van der Waals surface area contributed by atoms with Gasteiger partial charge in [0.2, 0.25) is 5.91 Å². The Morgan fingerprint density at radius 2 is 2.33 bits per heavy atom. The molecule has 0 aromatic carbocycles. The molecule has 21 heavy (non-hydrogen) atoms. The lowest BCUT2D eigenvalue weighted by Gasteiger charge is -2.23. The largest absolute Gasteiger partial charge is 0.472 e. The molecule has 6 heteroatoms. The third-order valence-electron chi connectivity index (χ3n) is 3.21. The number of aliphatic hydroxyl groups is 1. The van der Waals surface area contributed by atoms with E-state index in [9.17, 15) is 4.79 Å². The normalized spacial score (nSPS) is 11.6. The molecule has 2 rings (SSSR count). The zero-order chi connectivity index (χ0) is 15.3. The van der Waals surface area contributed by atoms with Gasteiger partial charge in [-0.2, -0.15) is 0 Å². The molecule has 0 aliphatic rings. The molecule has 0 aliphatic heterocycles. The Labute approximate surface area is 128 Å². The predicted octanol–water partition coefficient (Wildman–Crippen LogP) is 2.47. The summed E-state index contributed by atoms with van der Waals surface area (Å²) in [5, 5.41) is 14.6. The van der Waals surface area contributed by atoms with Gasteiger partial charge in [0.15, 0.2) is 0 Å². The number of carbonyl (C=O) groups is 1. The highest BCUT2D eigenvalue weighted by atomic mass is 32.1. The van der Waals surface area contributed by atoms with Crippen molar-refractivity contribution in [3.05, 3.63) is 29.7 Å². The van der Waals surface area contributed by atoms with E-state index in [1.165, 1.54) is 11.3 Å². The summed E-state index contributed by atoms with van der Waals surface area (Å²) < 4.78 is 5.03. The predicted molar refractivity (Wildman–Crippen MR) is 82.0 cm³/mol. The summed E-state index contributed by atoms with van der Waals surface area (Å²) in [5.41, 5.74) is 1.58. The van der Waals surface area contributed by atoms with E-state index in [2.05, 4.69) is 10.3 Å². The van der Waals surface area contributed by atoms with E-state index in [0.29, 0.717) is 13.0 Å². The van der Waals surface area contributed by atoms with Gasteiger partial charge in [0, 0.05) is 24.1 Å². The van der Waals surface area contributed by atoms with Gasteiger partial charge in [0.05, 0.1) is 18.4 Å². The molecule has 2 heterocycles. The second-order valence-electron chi connectivity index (χ2n) is 5.75. The van der Waals surface area contributed by atoms with E-state index >= 15 is 0 Å². The summed E-state index contributed by atoms with van der Waals surface area (Å²) in [6.45, 7) is 4.71. The van der Waals surface area contributed by atoms with Crippen LogP contribution >= 0.6 is 11.3 Å². The number of thiazole rings is 1. The van der Waals surface area contributed by atoms with Crippen LogP contribution in [0, 0.1) is 5.41 Å². The average molecular weight is 308 g/mol. The van der Waals surface area contributed by atoms with Gasteiger partial charge in [0.25, 0.3) is 0 Å². The molecule has 0 aliphatic carbocycles. The molecule has 0 unspecified atom stereocenters. The number of aliphatic hydroxyl groups excluding tert-OH is 1. The van der Waals surface area contributed by atoms with Gasteiger partial charge in [0.1, 0.15) is 11.3 Å². The molecular formula is C15H20N2O3S. The van der Waals surface area contributed by atoms with Crippen LogP contribution < -0.4 is 5.32 Å². The second-order valence-corrected chi connectivity index (χ2v) is 6.61. The van der Waals surface area contributed by atoms with Crippen LogP contribution in [0.4, 0.5) is 0 Å². The van der Waals surface area contributed by atoms with E-state index in [1.807, 2.05) is 25.3 Å². The van der Waals surface area contributed by atoms with Crippen molar-refractivity contribution >= 4 is 17.2 Å². The molecule has 0 bridgehead atoms. The van der Waals surface area contributed by atoms with Crippen molar-refractivity contribution < 1.29 is 14.3 Å². The van der Waals surface area contributed by atoms with Gasteiger partial charge in [-0.15, -0.1) is 11.3 Å². The van der Waals surface area contributed by atoms with Crippen molar-refractivity contribution in [3.63, 3.8) is 0 Å². The third kappa shape index (κ3) is 4.68. The fourth-order valence-corrected chi connectivity index (χ4v) is 2.67. The van der Waals surface area contributed by atoms with Gasteiger partial charge < -0.3 is 14.8 Å². The van der Waals surface area contributed by atoms with Crippen LogP contribution in [-0.4, -0.2) is 29.1 Å². The summed E-state index contributed by atoms with van der Waals surface area (Å²) in [6, 6.07) is 1.85. The topological polar surface area (TPSA) is 75.4 Å². The van der Waals surface area contributed by atoms with Gasteiger partial charge in [-0.25, -0.2) is 4.98 Å². The molecule has 5 nitrogen and oxygen atoms in total. The highest BCUT2D eigenvalue weighted by molar-refractivity contribution is 7.13. The Balaban J connectivity index is 1.86. The number of amides is 1. The van der Waals surface area contributed by atoms with Crippen LogP contribution in [0.2, 0.25) is 0 Å². The van der Waals surface area contributed by atoms with Crippen molar-refractivity contribution in [2.24, 2.45) is 5.41 Å². The summed E-state index contributed by atoms with van der Waals surface area (Å²) in [6.07, 6.45) is 4.17. The van der Waals surface area contributed by atoms with Crippen molar-refractivity contribution in [1.29, 1.82) is 0 Å². The Bertz CT molecular complexity index is 576. The fraction of sp³-hybridized carbons (Fsp3) is 0.467. The number of furan rings is 1. The minimum Gasteiger partial charge on any atom is -0.472 e. The van der Waals surface area contributed by atoms with Crippen LogP contribution in [0.5, 0.6) is 0 Å². The van der Waals surface area contributed by atoms with E-state index in [0.717, 1.165) is 16.3 Å². The summed E-state index contributed by atoms with van der Waals surface area (Å²) >= 11 is 1.50. The first kappa shape index (κ1) is 15.7. The highest BCUT2D eigenvalue weighted by Gasteiger charge is 2.18. The molecule has 0 saturated carbocycles. The monoisotopic (exact) mass is 308 g/mol. The first-order chi connectivity index (χ1) is 10.00. The lowest BCUT2D eigenvalue weighted by Crippen LogP contribution is -2.35. The number of carbonyl (C=O) groups excluding carboxylic acids is 1. The van der Waals surface area contributed by atoms with Crippen LogP contribution in [0.3, 0.4) is 0 Å². The number of nitrogens with zero attached hydrogens (tertiary/aromatic N) is 1. The fourth-order valence-electron chi connectivity index (χ4n) is 1.86. The molecule has 2 N–H and O–H groups in total. The van der Waals surface area contributed by atoms with Crippen LogP contribution in [0.15, 0.2) is 28.4 Å². The van der Waals surface area contributed by atoms with Crippen molar-refractivity contribution in [3.8, 4) is 10.6 Å². The van der Waals surface area contributed by atoms with Gasteiger partial charge >= 0.3 is 0 Å². The average Bonchev–Trinajstić information content (AvgIpc) is 3.06. The summed E-state index contributed by atoms with van der Waals surface area (Å²) in [4.78, 5) is 16.4. The Morgan fingerprint density at radius 3 is 3.00 bits per heavy atom. The third-order valence-corrected chi connectivity index (χ3v) is 4.15. The first-order valence-corrected chi connectivity index (χ1v) is 7.73. The highest BCUT2D eigenvalue weighted by Crippen LogP contribution is 2.24. The number of rotatable bonds is 7. The summed E-state index contributed by atoms with van der Waals surface area (Å²) in [5.74, 6) is -0.0509. The first-order valence-electron chi connectivity index (χ1n) is 6.85. The lowest BCUT2D eigenvalue weighted by molar-refractivity contribution is -0.121. The maximum absolute atomic E-state index is 11.9. The number of aromatic nitrogens is 1. The molecule has 1 amide bonds. The molecule has 114 valence electrons. The molecule has 0 saturated heterocycles. The minimum atomic E-state index is -0.103. The molecule has 2 aromatic rings. The van der Waals surface area contributed by atoms with E-state index in [1.54, 1.807) is 12.5 Å². The SMILES string of the molecule is CC(C)(CCO)CNC(=O)Cc1csc(-c2ccoc2)n1. The Hall–Kier alpha value is -1.66. The number of nitrogens with one attached hydrogen (secondary N) is 1. The Kier molecular flexibility index (Phi) is 5.14. The van der Waals surface area contributed by atoms with Crippen LogP contribution in [0.1, 0.15) is 26.0 Å². The molecule has 0 radical (unpaired) electrons. The summed E-state index contributed by atoms with van der Waals surface area (Å²) in [7, 11) is 0. The standard InChI is InChI=1S/C15H20N2O3S/c1-15(2,4-5-18)10-16-13(19)7-12-9-21-14(17-12)11-3-6-20-8-11/h3,6,8-9,18H,4-5,7,10H2,1-2H3,(H,16,19). The van der Waals surface area contributed by atoms with E-state index in [-0.39, 0.29) is 24.3 Å². The molecule has 2 aromatic heterocycles. The molecule has 0 fully saturated rings. The second kappa shape index (κ2) is 6.87. The van der Waals surface area contributed by atoms with Gasteiger partial charge in [-0.05, 0) is 17.9 Å². The van der Waals surface area contributed by atoms with Crippen LogP contribution in [0.25, 0.3) is 10.6 Å². The van der Waals surface area contributed by atoms with Crippen LogP contribution in [-0.2, 0) is 11.2 Å². The quantitative estimate of drug-likeness (QED) is 0.824.